The molecule has 0 spiro atoms. The molecule has 2 aromatic rings. The Labute approximate surface area is 119 Å². The third kappa shape index (κ3) is 2.12. The SMILES string of the molecule is CSc1nc(N)nc2c1ncn2[C@H]1C[C@@H](O)[C@H](CO)O1. The number of nitrogens with zero attached hydrogens (tertiary/aromatic N) is 4. The van der Waals surface area contributed by atoms with Gasteiger partial charge >= 0.3 is 0 Å². The van der Waals surface area contributed by atoms with Crippen LogP contribution < -0.4 is 5.73 Å². The molecule has 1 aliphatic rings. The summed E-state index contributed by atoms with van der Waals surface area (Å²) in [4.78, 5) is 12.6. The van der Waals surface area contributed by atoms with E-state index >= 15 is 0 Å². The molecule has 8 nitrogen and oxygen atoms in total. The van der Waals surface area contributed by atoms with E-state index < -0.39 is 18.4 Å². The predicted octanol–water partition coefficient (Wildman–Crippen LogP) is -0.229. The molecule has 1 fully saturated rings. The lowest BCUT2D eigenvalue weighted by atomic mass is 10.2. The number of aliphatic hydroxyl groups is 2. The molecule has 3 atom stereocenters. The summed E-state index contributed by atoms with van der Waals surface area (Å²) in [6, 6.07) is 0. The van der Waals surface area contributed by atoms with E-state index in [9.17, 15) is 5.11 Å². The number of hydrogen-bond donors (Lipinski definition) is 3. The lowest BCUT2D eigenvalue weighted by molar-refractivity contribution is -0.0432. The maximum atomic E-state index is 9.81. The minimum absolute atomic E-state index is 0.167. The van der Waals surface area contributed by atoms with Crippen molar-refractivity contribution in [3.8, 4) is 0 Å². The van der Waals surface area contributed by atoms with Crippen LogP contribution in [0.25, 0.3) is 11.2 Å². The highest BCUT2D eigenvalue weighted by Gasteiger charge is 2.35. The first-order valence-corrected chi connectivity index (χ1v) is 7.35. The number of aliphatic hydroxyl groups excluding tert-OH is 2. The van der Waals surface area contributed by atoms with E-state index in [-0.39, 0.29) is 12.6 Å². The number of thioether (sulfide) groups is 1. The molecule has 3 heterocycles. The Kier molecular flexibility index (Phi) is 3.50. The van der Waals surface area contributed by atoms with Crippen molar-refractivity contribution in [2.75, 3.05) is 18.6 Å². The predicted molar refractivity (Wildman–Crippen MR) is 73.1 cm³/mol. The van der Waals surface area contributed by atoms with Gasteiger partial charge in [0.2, 0.25) is 5.95 Å². The molecule has 20 heavy (non-hydrogen) atoms. The van der Waals surface area contributed by atoms with Crippen LogP contribution in [0.2, 0.25) is 0 Å². The molecule has 0 aliphatic carbocycles. The van der Waals surface area contributed by atoms with Crippen LogP contribution in [0.3, 0.4) is 0 Å². The standard InChI is InChI=1S/C11H15N5O3S/c1-20-10-8-9(14-11(12)15-10)16(4-13-8)7-2-5(18)6(3-17)19-7/h4-7,17-18H,2-3H2,1H3,(H2,12,14,15)/t5-,6+,7-/m1/s1. The second kappa shape index (κ2) is 5.17. The molecular weight excluding hydrogens is 282 g/mol. The molecule has 0 amide bonds. The summed E-state index contributed by atoms with van der Waals surface area (Å²) in [5, 5.41) is 19.6. The van der Waals surface area contributed by atoms with Gasteiger partial charge in [0.1, 0.15) is 22.9 Å². The Morgan fingerprint density at radius 1 is 1.55 bits per heavy atom. The quantitative estimate of drug-likeness (QED) is 0.525. The Morgan fingerprint density at radius 3 is 3.00 bits per heavy atom. The molecule has 0 saturated carbocycles. The molecule has 108 valence electrons. The zero-order valence-electron chi connectivity index (χ0n) is 10.8. The van der Waals surface area contributed by atoms with Crippen molar-refractivity contribution >= 4 is 28.9 Å². The van der Waals surface area contributed by atoms with E-state index in [1.165, 1.54) is 11.8 Å². The van der Waals surface area contributed by atoms with Crippen molar-refractivity contribution < 1.29 is 14.9 Å². The van der Waals surface area contributed by atoms with Crippen LogP contribution >= 0.6 is 11.8 Å². The summed E-state index contributed by atoms with van der Waals surface area (Å²) in [5.41, 5.74) is 6.92. The lowest BCUT2D eigenvalue weighted by Crippen LogP contribution is -2.24. The second-order valence-electron chi connectivity index (χ2n) is 4.53. The number of anilines is 1. The number of aromatic nitrogens is 4. The van der Waals surface area contributed by atoms with Crippen LogP contribution in [0.1, 0.15) is 12.6 Å². The van der Waals surface area contributed by atoms with Crippen LogP contribution in [0.5, 0.6) is 0 Å². The first-order chi connectivity index (χ1) is 9.63. The van der Waals surface area contributed by atoms with Gasteiger partial charge in [0, 0.05) is 6.42 Å². The number of hydrogen-bond acceptors (Lipinski definition) is 8. The van der Waals surface area contributed by atoms with E-state index in [0.29, 0.717) is 22.6 Å². The number of imidazole rings is 1. The van der Waals surface area contributed by atoms with Crippen molar-refractivity contribution in [1.29, 1.82) is 0 Å². The summed E-state index contributed by atoms with van der Waals surface area (Å²) in [6.45, 7) is -0.225. The van der Waals surface area contributed by atoms with E-state index in [2.05, 4.69) is 15.0 Å². The molecule has 1 saturated heterocycles. The van der Waals surface area contributed by atoms with Gasteiger partial charge in [-0.1, -0.05) is 0 Å². The van der Waals surface area contributed by atoms with Crippen LogP contribution in [0.15, 0.2) is 11.4 Å². The fourth-order valence-corrected chi connectivity index (χ4v) is 2.83. The van der Waals surface area contributed by atoms with Crippen LogP contribution in [0.4, 0.5) is 5.95 Å². The normalized spacial score (nSPS) is 26.4. The highest BCUT2D eigenvalue weighted by Crippen LogP contribution is 2.32. The zero-order valence-corrected chi connectivity index (χ0v) is 11.6. The topological polar surface area (TPSA) is 119 Å². The molecule has 0 unspecified atom stereocenters. The van der Waals surface area contributed by atoms with Crippen molar-refractivity contribution in [1.82, 2.24) is 19.5 Å². The molecule has 3 rings (SSSR count). The monoisotopic (exact) mass is 297 g/mol. The minimum atomic E-state index is -0.707. The van der Waals surface area contributed by atoms with Crippen LogP contribution in [-0.2, 0) is 4.74 Å². The fraction of sp³-hybridized carbons (Fsp3) is 0.545. The Morgan fingerprint density at radius 2 is 2.35 bits per heavy atom. The number of nitrogens with two attached hydrogens (primary N) is 1. The van der Waals surface area contributed by atoms with Crippen molar-refractivity contribution in [3.63, 3.8) is 0 Å². The molecule has 0 aromatic carbocycles. The number of rotatable bonds is 3. The average Bonchev–Trinajstić information content (AvgIpc) is 3.00. The Bertz CT molecular complexity index is 634. The molecule has 0 radical (unpaired) electrons. The summed E-state index contributed by atoms with van der Waals surface area (Å²) in [7, 11) is 0. The maximum absolute atomic E-state index is 9.81. The summed E-state index contributed by atoms with van der Waals surface area (Å²) in [6.07, 6.45) is 2.14. The zero-order chi connectivity index (χ0) is 14.3. The van der Waals surface area contributed by atoms with Gasteiger partial charge in [0.15, 0.2) is 5.65 Å². The first-order valence-electron chi connectivity index (χ1n) is 6.12. The smallest absolute Gasteiger partial charge is 0.223 e. The number of nitrogen functional groups attached to an aromatic ring is 1. The molecule has 2 aromatic heterocycles. The average molecular weight is 297 g/mol. The summed E-state index contributed by atoms with van der Waals surface area (Å²) in [5.74, 6) is 0.167. The van der Waals surface area contributed by atoms with Gasteiger partial charge in [0.05, 0.1) is 19.0 Å². The third-order valence-corrected chi connectivity index (χ3v) is 3.97. The lowest BCUT2D eigenvalue weighted by Gasteiger charge is -2.13. The van der Waals surface area contributed by atoms with Gasteiger partial charge < -0.3 is 20.7 Å². The summed E-state index contributed by atoms with van der Waals surface area (Å²) >= 11 is 1.44. The van der Waals surface area contributed by atoms with Gasteiger partial charge in [-0.25, -0.2) is 9.97 Å². The van der Waals surface area contributed by atoms with Gasteiger partial charge in [-0.15, -0.1) is 11.8 Å². The van der Waals surface area contributed by atoms with Gasteiger partial charge in [0.25, 0.3) is 0 Å². The van der Waals surface area contributed by atoms with Crippen molar-refractivity contribution in [2.24, 2.45) is 0 Å². The third-order valence-electron chi connectivity index (χ3n) is 3.29. The minimum Gasteiger partial charge on any atom is -0.394 e. The van der Waals surface area contributed by atoms with Gasteiger partial charge in [-0.2, -0.15) is 4.98 Å². The van der Waals surface area contributed by atoms with Gasteiger partial charge in [-0.3, -0.25) is 4.57 Å². The number of ether oxygens (including phenoxy) is 1. The number of fused-ring (bicyclic) bond motifs is 1. The van der Waals surface area contributed by atoms with E-state index in [1.807, 2.05) is 6.26 Å². The van der Waals surface area contributed by atoms with E-state index in [0.717, 1.165) is 0 Å². The van der Waals surface area contributed by atoms with Crippen molar-refractivity contribution in [2.45, 2.75) is 29.9 Å². The summed E-state index contributed by atoms with van der Waals surface area (Å²) < 4.78 is 7.32. The molecule has 9 heteroatoms. The maximum Gasteiger partial charge on any atom is 0.223 e. The Hall–Kier alpha value is -1.42. The molecule has 0 bridgehead atoms. The highest BCUT2D eigenvalue weighted by molar-refractivity contribution is 7.98. The molecule has 1 aliphatic heterocycles. The second-order valence-corrected chi connectivity index (χ2v) is 5.32. The molecular formula is C11H15N5O3S. The van der Waals surface area contributed by atoms with Crippen LogP contribution in [0, 0.1) is 0 Å². The Balaban J connectivity index is 2.03. The van der Waals surface area contributed by atoms with Gasteiger partial charge in [-0.05, 0) is 6.26 Å². The first kappa shape index (κ1) is 13.6. The molecule has 4 N–H and O–H groups in total. The van der Waals surface area contributed by atoms with Crippen LogP contribution in [-0.4, -0.2) is 54.8 Å². The largest absolute Gasteiger partial charge is 0.394 e. The highest BCUT2D eigenvalue weighted by atomic mass is 32.2. The fourth-order valence-electron chi connectivity index (χ4n) is 2.31. The van der Waals surface area contributed by atoms with E-state index in [1.54, 1.807) is 10.9 Å². The van der Waals surface area contributed by atoms with E-state index in [4.69, 9.17) is 15.6 Å². The van der Waals surface area contributed by atoms with Crippen molar-refractivity contribution in [3.05, 3.63) is 6.33 Å².